The predicted molar refractivity (Wildman–Crippen MR) is 115 cm³/mol. The van der Waals surface area contributed by atoms with Crippen LogP contribution in [0, 0.1) is 11.8 Å². The van der Waals surface area contributed by atoms with Gasteiger partial charge in [-0.3, -0.25) is 4.79 Å². The molecule has 2 heterocycles. The summed E-state index contributed by atoms with van der Waals surface area (Å²) >= 11 is 0. The highest BCUT2D eigenvalue weighted by Gasteiger charge is 2.64. The fraction of sp³-hybridized carbons (Fsp3) is 0.520. The van der Waals surface area contributed by atoms with E-state index in [1.54, 1.807) is 6.92 Å². The summed E-state index contributed by atoms with van der Waals surface area (Å²) in [5, 5.41) is 0. The van der Waals surface area contributed by atoms with Gasteiger partial charge in [-0.05, 0) is 51.4 Å². The number of nitrogens with zero attached hydrogens (tertiary/aromatic N) is 1. The van der Waals surface area contributed by atoms with Gasteiger partial charge in [0.15, 0.2) is 11.5 Å². The number of hydrogen-bond acceptors (Lipinski definition) is 6. The van der Waals surface area contributed by atoms with E-state index in [1.165, 1.54) is 24.1 Å². The zero-order valence-corrected chi connectivity index (χ0v) is 18.3. The van der Waals surface area contributed by atoms with E-state index >= 15 is 0 Å². The van der Waals surface area contributed by atoms with E-state index in [4.69, 9.17) is 14.2 Å². The van der Waals surface area contributed by atoms with Crippen molar-refractivity contribution in [3.63, 3.8) is 0 Å². The highest BCUT2D eigenvalue weighted by Crippen LogP contribution is 2.63. The topological polar surface area (TPSA) is 65.1 Å². The molecule has 0 saturated carbocycles. The number of benzene rings is 1. The molecule has 2 aliphatic heterocycles. The first kappa shape index (κ1) is 20.3. The first-order valence-corrected chi connectivity index (χ1v) is 11.2. The number of hydrogen-bond donors (Lipinski definition) is 0. The van der Waals surface area contributed by atoms with Crippen LogP contribution >= 0.6 is 0 Å². The third-order valence-electron chi connectivity index (χ3n) is 7.47. The molecule has 0 N–H and O–H groups in total. The first-order chi connectivity index (χ1) is 15.0. The van der Waals surface area contributed by atoms with Crippen LogP contribution in [0.5, 0.6) is 11.5 Å². The first-order valence-electron chi connectivity index (χ1n) is 11.2. The van der Waals surface area contributed by atoms with E-state index in [9.17, 15) is 9.59 Å². The Morgan fingerprint density at radius 3 is 2.94 bits per heavy atom. The van der Waals surface area contributed by atoms with Gasteiger partial charge in [0.1, 0.15) is 6.10 Å². The largest absolute Gasteiger partial charge is 0.485 e. The van der Waals surface area contributed by atoms with Crippen LogP contribution in [-0.2, 0) is 26.2 Å². The van der Waals surface area contributed by atoms with Crippen LogP contribution in [0.15, 0.2) is 36.4 Å². The number of likely N-dealkylation sites (tertiary alicyclic amines) is 1. The van der Waals surface area contributed by atoms with Gasteiger partial charge in [-0.1, -0.05) is 24.3 Å². The summed E-state index contributed by atoms with van der Waals surface area (Å²) in [4.78, 5) is 25.9. The van der Waals surface area contributed by atoms with Crippen LogP contribution in [-0.4, -0.2) is 49.2 Å². The molecule has 5 rings (SSSR count). The minimum absolute atomic E-state index is 0.0451. The third kappa shape index (κ3) is 3.03. The summed E-state index contributed by atoms with van der Waals surface area (Å²) in [6.07, 6.45) is 10.7. The zero-order chi connectivity index (χ0) is 21.8. The van der Waals surface area contributed by atoms with Gasteiger partial charge in [-0.2, -0.15) is 0 Å². The van der Waals surface area contributed by atoms with Gasteiger partial charge in [-0.15, -0.1) is 0 Å². The summed E-state index contributed by atoms with van der Waals surface area (Å²) in [6, 6.07) is 4.43. The maximum Gasteiger partial charge on any atom is 0.330 e. The van der Waals surface area contributed by atoms with Crippen molar-refractivity contribution in [1.82, 2.24) is 4.90 Å². The molecule has 4 aliphatic rings. The van der Waals surface area contributed by atoms with Gasteiger partial charge in [0.05, 0.1) is 6.61 Å². The lowest BCUT2D eigenvalue weighted by molar-refractivity contribution is -0.137. The Balaban J connectivity index is 1.56. The molecule has 0 radical (unpaired) electrons. The Kier molecular flexibility index (Phi) is 4.93. The van der Waals surface area contributed by atoms with Gasteiger partial charge in [0.25, 0.3) is 0 Å². The Morgan fingerprint density at radius 2 is 2.16 bits per heavy atom. The maximum absolute atomic E-state index is 11.7. The van der Waals surface area contributed by atoms with Crippen LogP contribution in [0.2, 0.25) is 0 Å². The number of esters is 2. The number of allylic oxidation sites excluding steroid dienone is 1. The highest BCUT2D eigenvalue weighted by molar-refractivity contribution is 5.81. The molecule has 0 amide bonds. The second kappa shape index (κ2) is 7.52. The second-order valence-corrected chi connectivity index (χ2v) is 9.07. The normalized spacial score (nSPS) is 32.5. The molecular weight excluding hydrogens is 394 g/mol. The van der Waals surface area contributed by atoms with E-state index in [-0.39, 0.29) is 29.4 Å². The van der Waals surface area contributed by atoms with Gasteiger partial charge in [0, 0.05) is 41.9 Å². The minimum Gasteiger partial charge on any atom is -0.485 e. The van der Waals surface area contributed by atoms with Crippen LogP contribution < -0.4 is 9.47 Å². The molecular formula is C25H29NO5. The molecule has 0 unspecified atom stereocenters. The Morgan fingerprint density at radius 1 is 1.32 bits per heavy atom. The number of rotatable bonds is 5. The second-order valence-electron chi connectivity index (χ2n) is 9.07. The third-order valence-corrected chi connectivity index (χ3v) is 7.47. The van der Waals surface area contributed by atoms with E-state index < -0.39 is 0 Å². The molecule has 0 aromatic heterocycles. The molecule has 1 aromatic rings. The maximum atomic E-state index is 11.7. The summed E-state index contributed by atoms with van der Waals surface area (Å²) in [5.74, 6) is 1.11. The van der Waals surface area contributed by atoms with Gasteiger partial charge >= 0.3 is 11.9 Å². The van der Waals surface area contributed by atoms with E-state index in [2.05, 4.69) is 30.2 Å². The van der Waals surface area contributed by atoms with Gasteiger partial charge in [0.2, 0.25) is 0 Å². The van der Waals surface area contributed by atoms with Crippen molar-refractivity contribution in [1.29, 1.82) is 0 Å². The van der Waals surface area contributed by atoms with Crippen LogP contribution in [0.1, 0.15) is 37.8 Å². The van der Waals surface area contributed by atoms with Crippen molar-refractivity contribution in [2.24, 2.45) is 11.8 Å². The average molecular weight is 424 g/mol. The average Bonchev–Trinajstić information content (AvgIpc) is 3.08. The summed E-state index contributed by atoms with van der Waals surface area (Å²) in [6.45, 7) is 4.60. The smallest absolute Gasteiger partial charge is 0.330 e. The van der Waals surface area contributed by atoms with E-state index in [1.807, 2.05) is 12.1 Å². The van der Waals surface area contributed by atoms with Crippen molar-refractivity contribution < 1.29 is 23.8 Å². The van der Waals surface area contributed by atoms with Crippen molar-refractivity contribution in [3.8, 4) is 11.5 Å². The van der Waals surface area contributed by atoms with E-state index in [0.29, 0.717) is 30.7 Å². The Labute approximate surface area is 182 Å². The molecule has 2 aliphatic carbocycles. The molecule has 5 atom stereocenters. The van der Waals surface area contributed by atoms with Crippen molar-refractivity contribution in [3.05, 3.63) is 47.6 Å². The van der Waals surface area contributed by atoms with Crippen LogP contribution in [0.4, 0.5) is 0 Å². The Bertz CT molecular complexity index is 982. The van der Waals surface area contributed by atoms with Crippen molar-refractivity contribution in [2.75, 3.05) is 20.2 Å². The molecule has 6 nitrogen and oxygen atoms in total. The zero-order valence-electron chi connectivity index (χ0n) is 18.3. The highest BCUT2D eigenvalue weighted by atomic mass is 16.6. The lowest BCUT2D eigenvalue weighted by Gasteiger charge is -2.57. The molecule has 1 aromatic carbocycles. The molecule has 1 spiro atoms. The number of ether oxygens (including phenoxy) is 3. The molecule has 1 saturated heterocycles. The van der Waals surface area contributed by atoms with Crippen LogP contribution in [0.25, 0.3) is 0 Å². The fourth-order valence-electron chi connectivity index (χ4n) is 6.30. The van der Waals surface area contributed by atoms with E-state index in [0.717, 1.165) is 25.1 Å². The summed E-state index contributed by atoms with van der Waals surface area (Å²) in [5.41, 5.74) is 2.43. The molecule has 31 heavy (non-hydrogen) atoms. The predicted octanol–water partition coefficient (Wildman–Crippen LogP) is 3.18. The van der Waals surface area contributed by atoms with Gasteiger partial charge in [-0.25, -0.2) is 4.79 Å². The van der Waals surface area contributed by atoms with Crippen LogP contribution in [0.3, 0.4) is 0 Å². The van der Waals surface area contributed by atoms with Gasteiger partial charge < -0.3 is 19.1 Å². The molecule has 6 heteroatoms. The fourth-order valence-corrected chi connectivity index (χ4v) is 6.30. The monoisotopic (exact) mass is 423 g/mol. The van der Waals surface area contributed by atoms with Crippen molar-refractivity contribution in [2.45, 2.75) is 50.7 Å². The number of piperidine rings is 1. The number of likely N-dealkylation sites (N-methyl/N-ethyl adjacent to an activating group) is 1. The number of carbonyl (C=O) groups is 2. The Hall–Kier alpha value is -2.60. The summed E-state index contributed by atoms with van der Waals surface area (Å²) < 4.78 is 17.2. The minimum atomic E-state index is -0.340. The quantitative estimate of drug-likeness (QED) is 0.314. The molecule has 164 valence electrons. The lowest BCUT2D eigenvalue weighted by atomic mass is 9.52. The SMILES string of the molecule is CCOC(=O)C=CC[C@H]1C=C[C@H]2[C@H]3Cc4ccc(OC(C)=O)c5c4[C@@]2(CCN3C)[C@H]1O5. The molecule has 1 fully saturated rings. The summed E-state index contributed by atoms with van der Waals surface area (Å²) in [7, 11) is 2.21. The lowest BCUT2D eigenvalue weighted by Crippen LogP contribution is -2.63. The van der Waals surface area contributed by atoms with Crippen molar-refractivity contribution >= 4 is 11.9 Å². The standard InChI is InChI=1S/C25H29NO5/c1-4-29-21(28)7-5-6-16-8-10-18-19-14-17-9-11-20(30-15(2)27)23-22(17)25(18,24(16)31-23)12-13-26(19)3/h5,7-11,16,18-19,24H,4,6,12-14H2,1-3H3/t16-,18-,19+,24-,25-/m0/s1. The molecule has 2 bridgehead atoms. The number of carbonyl (C=O) groups excluding carboxylic acids is 2.